The van der Waals surface area contributed by atoms with Gasteiger partial charge in [-0.2, -0.15) is 0 Å². The fourth-order valence-electron chi connectivity index (χ4n) is 1.40. The van der Waals surface area contributed by atoms with Gasteiger partial charge >= 0.3 is 0 Å². The van der Waals surface area contributed by atoms with Crippen LogP contribution < -0.4 is 5.73 Å². The molecule has 0 aliphatic heterocycles. The molecule has 0 bridgehead atoms. The largest absolute Gasteiger partial charge is 0.328 e. The second kappa shape index (κ2) is 23.2. The predicted octanol–water partition coefficient (Wildman–Crippen LogP) is 7.65. The standard InChI is InChI=1S/C9H18.C7H15F.C3H9N.C2H6.C2H2/c1-7(2)8(3)9(4,5)6;1-4-6(3)7(8)5-2;1-3(2)4;2*1-2/h8H,1H2,2-6H3;6-7H,4-5H2,1-3H3;3H,4H2,1-2H3;1-2H3;1-2H. The van der Waals surface area contributed by atoms with E-state index in [9.17, 15) is 4.39 Å². The topological polar surface area (TPSA) is 26.0 Å². The molecule has 2 heteroatoms. The second-order valence-electron chi connectivity index (χ2n) is 7.49. The van der Waals surface area contributed by atoms with Gasteiger partial charge in [-0.05, 0) is 36.6 Å². The van der Waals surface area contributed by atoms with Crippen LogP contribution >= 0.6 is 0 Å². The van der Waals surface area contributed by atoms with Crippen LogP contribution in [0.1, 0.15) is 95.9 Å². The van der Waals surface area contributed by atoms with Gasteiger partial charge in [0.25, 0.3) is 0 Å². The van der Waals surface area contributed by atoms with Crippen LogP contribution in [0.5, 0.6) is 0 Å². The first-order chi connectivity index (χ1) is 11.3. The Kier molecular flexibility index (Phi) is 32.8. The lowest BCUT2D eigenvalue weighted by Gasteiger charge is -2.27. The molecule has 0 heterocycles. The monoisotopic (exact) mass is 359 g/mol. The zero-order valence-electron chi connectivity index (χ0n) is 19.5. The number of hydrogen-bond donors (Lipinski definition) is 1. The van der Waals surface area contributed by atoms with E-state index in [1.807, 2.05) is 48.5 Å². The third kappa shape index (κ3) is 35.2. The molecular weight excluding hydrogens is 309 g/mol. The van der Waals surface area contributed by atoms with E-state index in [0.717, 1.165) is 6.42 Å². The van der Waals surface area contributed by atoms with Gasteiger partial charge in [0.1, 0.15) is 6.17 Å². The molecule has 0 saturated carbocycles. The molecule has 0 aliphatic rings. The van der Waals surface area contributed by atoms with E-state index >= 15 is 0 Å². The zero-order chi connectivity index (χ0) is 21.8. The van der Waals surface area contributed by atoms with Gasteiger partial charge in [0.2, 0.25) is 0 Å². The molecule has 1 nitrogen and oxygen atoms in total. The SMILES string of the molecule is C#C.C=C(C)C(C)C(C)(C)C.CC.CC(C)N.CCC(C)C(F)CC. The lowest BCUT2D eigenvalue weighted by molar-refractivity contribution is 0.230. The van der Waals surface area contributed by atoms with Crippen molar-refractivity contribution < 1.29 is 4.39 Å². The molecule has 3 unspecified atom stereocenters. The Labute approximate surface area is 161 Å². The Hall–Kier alpha value is -0.810. The minimum atomic E-state index is -0.583. The summed E-state index contributed by atoms with van der Waals surface area (Å²) in [5.41, 5.74) is 6.77. The molecule has 3 atom stereocenters. The third-order valence-electron chi connectivity index (χ3n) is 3.69. The molecule has 0 aromatic carbocycles. The summed E-state index contributed by atoms with van der Waals surface area (Å²) < 4.78 is 12.5. The maximum absolute atomic E-state index is 12.5. The first kappa shape index (κ1) is 35.3. The van der Waals surface area contributed by atoms with E-state index in [0.29, 0.717) is 23.8 Å². The maximum Gasteiger partial charge on any atom is 0.102 e. The fourth-order valence-corrected chi connectivity index (χ4v) is 1.40. The van der Waals surface area contributed by atoms with Crippen molar-refractivity contribution in [2.75, 3.05) is 0 Å². The molecule has 0 aliphatic carbocycles. The van der Waals surface area contributed by atoms with Crippen molar-refractivity contribution in [1.29, 1.82) is 0 Å². The van der Waals surface area contributed by atoms with Crippen LogP contribution in [0.15, 0.2) is 12.2 Å². The molecule has 0 spiro atoms. The third-order valence-corrected chi connectivity index (χ3v) is 3.69. The van der Waals surface area contributed by atoms with Crippen molar-refractivity contribution in [3.8, 4) is 12.8 Å². The highest BCUT2D eigenvalue weighted by Crippen LogP contribution is 2.29. The van der Waals surface area contributed by atoms with Crippen LogP contribution in [-0.2, 0) is 0 Å². The molecular formula is C23H50FN. The van der Waals surface area contributed by atoms with E-state index in [1.54, 1.807) is 0 Å². The predicted molar refractivity (Wildman–Crippen MR) is 119 cm³/mol. The van der Waals surface area contributed by atoms with E-state index < -0.39 is 6.17 Å². The minimum absolute atomic E-state index is 0.250. The maximum atomic E-state index is 12.5. The average Bonchev–Trinajstić information content (AvgIpc) is 2.55. The minimum Gasteiger partial charge on any atom is -0.328 e. The number of terminal acetylenes is 1. The summed E-state index contributed by atoms with van der Waals surface area (Å²) in [5.74, 6) is 0.873. The summed E-state index contributed by atoms with van der Waals surface area (Å²) in [6, 6.07) is 0.333. The number of alkyl halides is 1. The highest BCUT2D eigenvalue weighted by molar-refractivity contribution is 4.98. The Morgan fingerprint density at radius 3 is 1.32 bits per heavy atom. The van der Waals surface area contributed by atoms with Crippen molar-refractivity contribution >= 4 is 0 Å². The fraction of sp³-hybridized carbons (Fsp3) is 0.826. The lowest BCUT2D eigenvalue weighted by Crippen LogP contribution is -2.17. The highest BCUT2D eigenvalue weighted by Gasteiger charge is 2.19. The van der Waals surface area contributed by atoms with Gasteiger partial charge in [-0.25, -0.2) is 4.39 Å². The summed E-state index contributed by atoms with van der Waals surface area (Å²) in [7, 11) is 0. The lowest BCUT2D eigenvalue weighted by atomic mass is 9.78. The van der Waals surface area contributed by atoms with E-state index in [-0.39, 0.29) is 5.92 Å². The van der Waals surface area contributed by atoms with Crippen molar-refractivity contribution in [1.82, 2.24) is 0 Å². The van der Waals surface area contributed by atoms with Gasteiger partial charge in [-0.1, -0.05) is 94.7 Å². The van der Waals surface area contributed by atoms with E-state index in [2.05, 4.69) is 54.0 Å². The molecule has 2 N–H and O–H groups in total. The highest BCUT2D eigenvalue weighted by atomic mass is 19.1. The second-order valence-corrected chi connectivity index (χ2v) is 7.49. The van der Waals surface area contributed by atoms with Crippen molar-refractivity contribution in [3.63, 3.8) is 0 Å². The molecule has 25 heavy (non-hydrogen) atoms. The first-order valence-electron chi connectivity index (χ1n) is 9.69. The summed E-state index contributed by atoms with van der Waals surface area (Å²) in [5, 5.41) is 0. The number of hydrogen-bond acceptors (Lipinski definition) is 1. The Bertz CT molecular complexity index is 263. The smallest absolute Gasteiger partial charge is 0.102 e. The first-order valence-corrected chi connectivity index (χ1v) is 9.69. The van der Waals surface area contributed by atoms with Gasteiger partial charge in [-0.15, -0.1) is 12.8 Å². The van der Waals surface area contributed by atoms with Gasteiger partial charge < -0.3 is 5.73 Å². The van der Waals surface area contributed by atoms with E-state index in [4.69, 9.17) is 5.73 Å². The van der Waals surface area contributed by atoms with Gasteiger partial charge in [0.05, 0.1) is 0 Å². The van der Waals surface area contributed by atoms with Crippen LogP contribution in [-0.4, -0.2) is 12.2 Å². The normalized spacial score (nSPS) is 13.0. The van der Waals surface area contributed by atoms with Gasteiger partial charge in [0, 0.05) is 0 Å². The molecule has 0 fully saturated rings. The number of nitrogens with two attached hydrogens (primary N) is 1. The van der Waals surface area contributed by atoms with Crippen LogP contribution in [0.3, 0.4) is 0 Å². The molecule has 0 saturated heterocycles. The Morgan fingerprint density at radius 2 is 1.28 bits per heavy atom. The zero-order valence-corrected chi connectivity index (χ0v) is 19.5. The van der Waals surface area contributed by atoms with Crippen molar-refractivity contribution in [2.45, 2.75) is 108 Å². The Balaban J connectivity index is -0.0000000761. The van der Waals surface area contributed by atoms with Crippen LogP contribution in [0.25, 0.3) is 0 Å². The molecule has 0 radical (unpaired) electrons. The molecule has 0 rings (SSSR count). The summed E-state index contributed by atoms with van der Waals surface area (Å²) >= 11 is 0. The molecule has 0 amide bonds. The molecule has 0 aromatic heterocycles. The average molecular weight is 360 g/mol. The van der Waals surface area contributed by atoms with Crippen molar-refractivity contribution in [2.24, 2.45) is 23.0 Å². The summed E-state index contributed by atoms with van der Waals surface area (Å²) in [6.07, 6.45) is 9.03. The number of rotatable bonds is 4. The molecule has 154 valence electrons. The number of halogens is 1. The van der Waals surface area contributed by atoms with Crippen LogP contribution in [0.4, 0.5) is 4.39 Å². The van der Waals surface area contributed by atoms with E-state index in [1.165, 1.54) is 5.57 Å². The quantitative estimate of drug-likeness (QED) is 0.404. The van der Waals surface area contributed by atoms with Gasteiger partial charge in [-0.3, -0.25) is 0 Å². The van der Waals surface area contributed by atoms with Crippen molar-refractivity contribution in [3.05, 3.63) is 12.2 Å². The van der Waals surface area contributed by atoms with Crippen LogP contribution in [0.2, 0.25) is 0 Å². The molecule has 0 aromatic rings. The Morgan fingerprint density at radius 1 is 1.00 bits per heavy atom. The summed E-state index contributed by atoms with van der Waals surface area (Å²) in [6.45, 7) is 28.7. The van der Waals surface area contributed by atoms with Crippen LogP contribution in [0, 0.1) is 30.1 Å². The number of allylic oxidation sites excluding steroid dienone is 1. The summed E-state index contributed by atoms with van der Waals surface area (Å²) in [4.78, 5) is 0. The van der Waals surface area contributed by atoms with Gasteiger partial charge in [0.15, 0.2) is 0 Å².